The van der Waals surface area contributed by atoms with E-state index in [4.69, 9.17) is 11.5 Å². The Morgan fingerprint density at radius 3 is 2.26 bits per heavy atom. The molecule has 0 bridgehead atoms. The molecule has 19 heavy (non-hydrogen) atoms. The van der Waals surface area contributed by atoms with E-state index in [2.05, 4.69) is 0 Å². The molecule has 1 aliphatic heterocycles. The molecule has 0 saturated carbocycles. The second kappa shape index (κ2) is 5.73. The zero-order valence-corrected chi connectivity index (χ0v) is 10.8. The fourth-order valence-corrected chi connectivity index (χ4v) is 2.43. The molecular weight excluding hydrogens is 242 g/mol. The number of hydrogen-bond acceptors (Lipinski definition) is 3. The van der Waals surface area contributed by atoms with Gasteiger partial charge in [0.15, 0.2) is 0 Å². The second-order valence-electron chi connectivity index (χ2n) is 5.03. The lowest BCUT2D eigenvalue weighted by Gasteiger charge is -2.31. The Balaban J connectivity index is 1.92. The molecule has 2 amide bonds. The van der Waals surface area contributed by atoms with E-state index in [0.29, 0.717) is 36.7 Å². The normalized spacial score (nSPS) is 16.3. The van der Waals surface area contributed by atoms with Gasteiger partial charge in [-0.05, 0) is 43.0 Å². The zero-order chi connectivity index (χ0) is 13.8. The van der Waals surface area contributed by atoms with Crippen molar-refractivity contribution in [2.24, 2.45) is 11.7 Å². The van der Waals surface area contributed by atoms with Crippen molar-refractivity contribution in [3.63, 3.8) is 0 Å². The topological polar surface area (TPSA) is 89.4 Å². The lowest BCUT2D eigenvalue weighted by atomic mass is 9.93. The maximum absolute atomic E-state index is 12.2. The third-order valence-corrected chi connectivity index (χ3v) is 3.55. The third-order valence-electron chi connectivity index (χ3n) is 3.55. The van der Waals surface area contributed by atoms with Gasteiger partial charge in [0.05, 0.1) is 0 Å². The summed E-state index contributed by atoms with van der Waals surface area (Å²) in [6, 6.07) is 6.94. The summed E-state index contributed by atoms with van der Waals surface area (Å²) in [5.41, 5.74) is 12.1. The van der Waals surface area contributed by atoms with Crippen LogP contribution in [0.4, 0.5) is 5.69 Å². The van der Waals surface area contributed by atoms with E-state index in [9.17, 15) is 9.59 Å². The highest BCUT2D eigenvalue weighted by Gasteiger charge is 2.24. The van der Waals surface area contributed by atoms with Crippen LogP contribution in [0.3, 0.4) is 0 Å². The Labute approximate surface area is 112 Å². The smallest absolute Gasteiger partial charge is 0.253 e. The monoisotopic (exact) mass is 261 g/mol. The average Bonchev–Trinajstić information content (AvgIpc) is 2.39. The van der Waals surface area contributed by atoms with Crippen LogP contribution in [-0.2, 0) is 4.79 Å². The molecule has 1 aromatic carbocycles. The number of piperidine rings is 1. The van der Waals surface area contributed by atoms with Crippen molar-refractivity contribution in [2.45, 2.75) is 19.3 Å². The first kappa shape index (κ1) is 13.4. The molecule has 1 fully saturated rings. The number of likely N-dealkylation sites (tertiary alicyclic amines) is 1. The van der Waals surface area contributed by atoms with E-state index in [1.165, 1.54) is 0 Å². The van der Waals surface area contributed by atoms with Crippen LogP contribution in [0.1, 0.15) is 29.6 Å². The highest BCUT2D eigenvalue weighted by molar-refractivity contribution is 5.94. The number of nitrogen functional groups attached to an aromatic ring is 1. The minimum atomic E-state index is -0.261. The number of rotatable bonds is 3. The number of anilines is 1. The number of nitrogens with zero attached hydrogens (tertiary/aromatic N) is 1. The number of benzene rings is 1. The molecule has 4 N–H and O–H groups in total. The Morgan fingerprint density at radius 2 is 1.74 bits per heavy atom. The summed E-state index contributed by atoms with van der Waals surface area (Å²) >= 11 is 0. The summed E-state index contributed by atoms with van der Waals surface area (Å²) in [4.78, 5) is 24.9. The molecule has 0 unspecified atom stereocenters. The quantitative estimate of drug-likeness (QED) is 0.795. The first-order valence-corrected chi connectivity index (χ1v) is 6.49. The summed E-state index contributed by atoms with van der Waals surface area (Å²) in [5.74, 6) is 0.0776. The van der Waals surface area contributed by atoms with Crippen LogP contribution in [0.15, 0.2) is 24.3 Å². The van der Waals surface area contributed by atoms with Gasteiger partial charge in [-0.15, -0.1) is 0 Å². The summed E-state index contributed by atoms with van der Waals surface area (Å²) in [7, 11) is 0. The van der Waals surface area contributed by atoms with E-state index >= 15 is 0 Å². The first-order valence-electron chi connectivity index (χ1n) is 6.49. The number of hydrogen-bond donors (Lipinski definition) is 2. The van der Waals surface area contributed by atoms with Gasteiger partial charge in [0, 0.05) is 30.8 Å². The largest absolute Gasteiger partial charge is 0.399 e. The Hall–Kier alpha value is -2.04. The number of nitrogens with two attached hydrogens (primary N) is 2. The molecule has 2 rings (SSSR count). The SMILES string of the molecule is NC(=O)CC1CCN(C(=O)c2ccc(N)cc2)CC1. The van der Waals surface area contributed by atoms with E-state index in [0.717, 1.165) is 12.8 Å². The lowest BCUT2D eigenvalue weighted by molar-refractivity contribution is -0.119. The van der Waals surface area contributed by atoms with Crippen LogP contribution in [0.25, 0.3) is 0 Å². The Morgan fingerprint density at radius 1 is 1.16 bits per heavy atom. The van der Waals surface area contributed by atoms with Gasteiger partial charge in [-0.1, -0.05) is 0 Å². The minimum absolute atomic E-state index is 0.0255. The molecule has 1 aliphatic rings. The predicted octanol–water partition coefficient (Wildman–Crippen LogP) is 0.996. The molecule has 5 nitrogen and oxygen atoms in total. The summed E-state index contributed by atoms with van der Waals surface area (Å²) in [6.45, 7) is 1.36. The van der Waals surface area contributed by atoms with Crippen molar-refractivity contribution in [1.29, 1.82) is 0 Å². The van der Waals surface area contributed by atoms with Crippen LogP contribution in [0, 0.1) is 5.92 Å². The van der Waals surface area contributed by atoms with E-state index in [-0.39, 0.29) is 11.8 Å². The van der Waals surface area contributed by atoms with Crippen LogP contribution in [0.5, 0.6) is 0 Å². The zero-order valence-electron chi connectivity index (χ0n) is 10.8. The van der Waals surface area contributed by atoms with Gasteiger partial charge in [0.1, 0.15) is 0 Å². The fourth-order valence-electron chi connectivity index (χ4n) is 2.43. The summed E-state index contributed by atoms with van der Waals surface area (Å²) < 4.78 is 0. The standard InChI is InChI=1S/C14H19N3O2/c15-12-3-1-11(2-4-12)14(19)17-7-5-10(6-8-17)9-13(16)18/h1-4,10H,5-9,15H2,(H2,16,18). The van der Waals surface area contributed by atoms with Crippen molar-refractivity contribution in [3.05, 3.63) is 29.8 Å². The van der Waals surface area contributed by atoms with Crippen molar-refractivity contribution < 1.29 is 9.59 Å². The number of primary amides is 1. The average molecular weight is 261 g/mol. The van der Waals surface area contributed by atoms with Gasteiger partial charge >= 0.3 is 0 Å². The van der Waals surface area contributed by atoms with Gasteiger partial charge < -0.3 is 16.4 Å². The van der Waals surface area contributed by atoms with Crippen molar-refractivity contribution >= 4 is 17.5 Å². The van der Waals surface area contributed by atoms with Crippen LogP contribution in [-0.4, -0.2) is 29.8 Å². The van der Waals surface area contributed by atoms with Crippen molar-refractivity contribution in [2.75, 3.05) is 18.8 Å². The van der Waals surface area contributed by atoms with Gasteiger partial charge in [-0.3, -0.25) is 9.59 Å². The van der Waals surface area contributed by atoms with E-state index < -0.39 is 0 Å². The highest BCUT2D eigenvalue weighted by Crippen LogP contribution is 2.21. The maximum Gasteiger partial charge on any atom is 0.253 e. The molecule has 0 spiro atoms. The molecule has 102 valence electrons. The Bertz CT molecular complexity index is 462. The lowest BCUT2D eigenvalue weighted by Crippen LogP contribution is -2.39. The van der Waals surface area contributed by atoms with Crippen LogP contribution < -0.4 is 11.5 Å². The Kier molecular flexibility index (Phi) is 4.04. The molecule has 0 atom stereocenters. The summed E-state index contributed by atoms with van der Waals surface area (Å²) in [5, 5.41) is 0. The fraction of sp³-hybridized carbons (Fsp3) is 0.429. The molecule has 1 aromatic rings. The molecule has 0 aliphatic carbocycles. The number of carbonyl (C=O) groups excluding carboxylic acids is 2. The van der Waals surface area contributed by atoms with Gasteiger partial charge in [0.2, 0.25) is 5.91 Å². The van der Waals surface area contributed by atoms with Crippen LogP contribution >= 0.6 is 0 Å². The first-order chi connectivity index (χ1) is 9.06. The van der Waals surface area contributed by atoms with Gasteiger partial charge in [-0.25, -0.2) is 0 Å². The van der Waals surface area contributed by atoms with E-state index in [1.807, 2.05) is 4.90 Å². The third kappa shape index (κ3) is 3.47. The van der Waals surface area contributed by atoms with Crippen LogP contribution in [0.2, 0.25) is 0 Å². The van der Waals surface area contributed by atoms with Gasteiger partial charge in [0.25, 0.3) is 5.91 Å². The van der Waals surface area contributed by atoms with Crippen molar-refractivity contribution in [3.8, 4) is 0 Å². The molecule has 0 radical (unpaired) electrons. The maximum atomic E-state index is 12.2. The number of carbonyl (C=O) groups is 2. The second-order valence-corrected chi connectivity index (χ2v) is 5.03. The molecule has 1 heterocycles. The molecular formula is C14H19N3O2. The number of amides is 2. The van der Waals surface area contributed by atoms with E-state index in [1.54, 1.807) is 24.3 Å². The summed E-state index contributed by atoms with van der Waals surface area (Å²) in [6.07, 6.45) is 2.09. The van der Waals surface area contributed by atoms with Crippen molar-refractivity contribution in [1.82, 2.24) is 4.90 Å². The van der Waals surface area contributed by atoms with Gasteiger partial charge in [-0.2, -0.15) is 0 Å². The highest BCUT2D eigenvalue weighted by atomic mass is 16.2. The molecule has 0 aromatic heterocycles. The molecule has 5 heteroatoms. The predicted molar refractivity (Wildman–Crippen MR) is 73.3 cm³/mol. The minimum Gasteiger partial charge on any atom is -0.399 e. The molecule has 1 saturated heterocycles.